The molecule has 2 fully saturated rings. The number of aliphatic hydroxyl groups excluding tert-OH is 1. The number of para-hydroxylation sites is 1. The normalized spacial score (nSPS) is 29.8. The molecule has 3 aliphatic rings. The van der Waals surface area contributed by atoms with Crippen molar-refractivity contribution in [1.82, 2.24) is 4.90 Å². The number of ether oxygens (including phenoxy) is 2. The molecule has 0 unspecified atom stereocenters. The number of hydrogen-bond acceptors (Lipinski definition) is 4. The van der Waals surface area contributed by atoms with Crippen molar-refractivity contribution in [3.05, 3.63) is 23.8 Å². The van der Waals surface area contributed by atoms with E-state index in [1.165, 1.54) is 0 Å². The maximum Gasteiger partial charge on any atom is 0.258 e. The molecule has 1 aliphatic carbocycles. The van der Waals surface area contributed by atoms with Crippen LogP contribution in [0.15, 0.2) is 18.2 Å². The number of carbonyl (C=O) groups is 1. The van der Waals surface area contributed by atoms with E-state index in [9.17, 15) is 9.90 Å². The number of aliphatic hydroxyl groups is 1. The van der Waals surface area contributed by atoms with Gasteiger partial charge in [0.15, 0.2) is 11.5 Å². The molecule has 124 valence electrons. The highest BCUT2D eigenvalue weighted by molar-refractivity contribution is 5.98. The highest BCUT2D eigenvalue weighted by Gasteiger charge is 2.40. The molecule has 23 heavy (non-hydrogen) atoms. The van der Waals surface area contributed by atoms with Crippen LogP contribution in [-0.4, -0.2) is 41.4 Å². The summed E-state index contributed by atoms with van der Waals surface area (Å²) in [6.45, 7) is 0.932. The summed E-state index contributed by atoms with van der Waals surface area (Å²) in [6, 6.07) is 5.62. The van der Waals surface area contributed by atoms with Crippen molar-refractivity contribution in [1.29, 1.82) is 0 Å². The van der Waals surface area contributed by atoms with Crippen molar-refractivity contribution >= 4 is 5.91 Å². The molecule has 0 aromatic heterocycles. The Morgan fingerprint density at radius 3 is 2.87 bits per heavy atom. The Bertz CT molecular complexity index is 603. The third kappa shape index (κ3) is 2.57. The van der Waals surface area contributed by atoms with Crippen molar-refractivity contribution in [3.63, 3.8) is 0 Å². The molecule has 2 aliphatic heterocycles. The number of rotatable bonds is 2. The van der Waals surface area contributed by atoms with E-state index in [0.29, 0.717) is 17.1 Å². The molecule has 0 spiro atoms. The molecule has 1 N–H and O–H groups in total. The van der Waals surface area contributed by atoms with Gasteiger partial charge in [-0.15, -0.1) is 0 Å². The van der Waals surface area contributed by atoms with Crippen LogP contribution in [0, 0.1) is 5.92 Å². The van der Waals surface area contributed by atoms with Crippen molar-refractivity contribution in [2.24, 2.45) is 5.92 Å². The summed E-state index contributed by atoms with van der Waals surface area (Å²) >= 11 is 0. The molecule has 5 nitrogen and oxygen atoms in total. The van der Waals surface area contributed by atoms with E-state index < -0.39 is 0 Å². The van der Waals surface area contributed by atoms with Gasteiger partial charge in [-0.3, -0.25) is 4.79 Å². The second-order valence-corrected chi connectivity index (χ2v) is 6.76. The molecule has 1 aromatic rings. The summed E-state index contributed by atoms with van der Waals surface area (Å²) < 4.78 is 10.9. The van der Waals surface area contributed by atoms with E-state index >= 15 is 0 Å². The fourth-order valence-corrected chi connectivity index (χ4v) is 4.33. The smallest absolute Gasteiger partial charge is 0.258 e. The quantitative estimate of drug-likeness (QED) is 0.911. The highest BCUT2D eigenvalue weighted by atomic mass is 16.7. The van der Waals surface area contributed by atoms with E-state index in [1.807, 2.05) is 23.1 Å². The minimum atomic E-state index is -0.275. The van der Waals surface area contributed by atoms with Gasteiger partial charge in [0, 0.05) is 18.5 Å². The van der Waals surface area contributed by atoms with Crippen molar-refractivity contribution < 1.29 is 19.4 Å². The van der Waals surface area contributed by atoms with Gasteiger partial charge in [-0.05, 0) is 37.8 Å². The second-order valence-electron chi connectivity index (χ2n) is 6.76. The lowest BCUT2D eigenvalue weighted by molar-refractivity contribution is 0.0210. The summed E-state index contributed by atoms with van der Waals surface area (Å²) in [6.07, 6.45) is 5.84. The number of amides is 1. The maximum atomic E-state index is 13.1. The Hall–Kier alpha value is -1.75. The third-order valence-electron chi connectivity index (χ3n) is 5.46. The molecule has 1 aromatic carbocycles. The van der Waals surface area contributed by atoms with E-state index in [2.05, 4.69) is 0 Å². The van der Waals surface area contributed by atoms with Gasteiger partial charge in [-0.1, -0.05) is 18.9 Å². The molecule has 1 saturated heterocycles. The predicted molar refractivity (Wildman–Crippen MR) is 84.6 cm³/mol. The van der Waals surface area contributed by atoms with Gasteiger partial charge in [-0.2, -0.15) is 0 Å². The van der Waals surface area contributed by atoms with Crippen LogP contribution in [0.2, 0.25) is 0 Å². The monoisotopic (exact) mass is 317 g/mol. The highest BCUT2D eigenvalue weighted by Crippen LogP contribution is 2.39. The number of nitrogens with zero attached hydrogens (tertiary/aromatic N) is 1. The predicted octanol–water partition coefficient (Wildman–Crippen LogP) is 2.57. The Labute approximate surface area is 136 Å². The van der Waals surface area contributed by atoms with Crippen LogP contribution in [0.3, 0.4) is 0 Å². The molecule has 4 rings (SSSR count). The lowest BCUT2D eigenvalue weighted by Gasteiger charge is -2.37. The molecular formula is C18H23NO4. The Morgan fingerprint density at radius 1 is 1.13 bits per heavy atom. The van der Waals surface area contributed by atoms with Gasteiger partial charge in [0.1, 0.15) is 0 Å². The van der Waals surface area contributed by atoms with Crippen LogP contribution < -0.4 is 9.47 Å². The Kier molecular flexibility index (Phi) is 3.89. The van der Waals surface area contributed by atoms with Crippen molar-refractivity contribution in [2.45, 2.75) is 50.7 Å². The summed E-state index contributed by atoms with van der Waals surface area (Å²) in [5.74, 6) is 1.42. The van der Waals surface area contributed by atoms with E-state index in [-0.39, 0.29) is 30.8 Å². The first-order chi connectivity index (χ1) is 11.3. The molecule has 1 amide bonds. The van der Waals surface area contributed by atoms with Crippen molar-refractivity contribution in [2.75, 3.05) is 13.3 Å². The molecule has 5 heteroatoms. The fraction of sp³-hybridized carbons (Fsp3) is 0.611. The summed E-state index contributed by atoms with van der Waals surface area (Å²) in [7, 11) is 0. The van der Waals surface area contributed by atoms with Gasteiger partial charge >= 0.3 is 0 Å². The second kappa shape index (κ2) is 6.04. The lowest BCUT2D eigenvalue weighted by Crippen LogP contribution is -2.45. The Morgan fingerprint density at radius 2 is 2.00 bits per heavy atom. The SMILES string of the molecule is O=C(c1cccc2c1OCO2)N1CCC[C@@H]1[C@H]1CCCC[C@@H]1O. The minimum Gasteiger partial charge on any atom is -0.454 e. The summed E-state index contributed by atoms with van der Waals surface area (Å²) in [5, 5.41) is 10.4. The topological polar surface area (TPSA) is 59.0 Å². The van der Waals surface area contributed by atoms with Crippen LogP contribution in [0.1, 0.15) is 48.9 Å². The van der Waals surface area contributed by atoms with Crippen molar-refractivity contribution in [3.8, 4) is 11.5 Å². The van der Waals surface area contributed by atoms with Crippen LogP contribution in [0.4, 0.5) is 0 Å². The van der Waals surface area contributed by atoms with Crippen LogP contribution in [-0.2, 0) is 0 Å². The molecular weight excluding hydrogens is 294 g/mol. The average Bonchev–Trinajstić information content (AvgIpc) is 3.23. The molecule has 1 saturated carbocycles. The standard InChI is InChI=1S/C18H23NO4/c20-15-8-2-1-5-12(15)14-7-4-10-19(14)18(21)13-6-3-9-16-17(13)23-11-22-16/h3,6,9,12,14-15,20H,1-2,4-5,7-8,10-11H2/t12-,14-,15+/m1/s1. The summed E-state index contributed by atoms with van der Waals surface area (Å²) in [4.78, 5) is 15.0. The first-order valence-electron chi connectivity index (χ1n) is 8.63. The third-order valence-corrected chi connectivity index (χ3v) is 5.46. The van der Waals surface area contributed by atoms with Crippen LogP contribution in [0.25, 0.3) is 0 Å². The van der Waals surface area contributed by atoms with Gasteiger partial charge < -0.3 is 19.5 Å². The van der Waals surface area contributed by atoms with E-state index in [1.54, 1.807) is 0 Å². The van der Waals surface area contributed by atoms with E-state index in [0.717, 1.165) is 45.1 Å². The lowest BCUT2D eigenvalue weighted by atomic mass is 9.80. The number of likely N-dealkylation sites (tertiary alicyclic amines) is 1. The Balaban J connectivity index is 1.59. The van der Waals surface area contributed by atoms with Crippen LogP contribution >= 0.6 is 0 Å². The molecule has 0 radical (unpaired) electrons. The number of fused-ring (bicyclic) bond motifs is 1. The minimum absolute atomic E-state index is 0.00706. The van der Waals surface area contributed by atoms with E-state index in [4.69, 9.17) is 9.47 Å². The first kappa shape index (κ1) is 14.8. The maximum absolute atomic E-state index is 13.1. The van der Waals surface area contributed by atoms with Crippen LogP contribution in [0.5, 0.6) is 11.5 Å². The van der Waals surface area contributed by atoms with Gasteiger partial charge in [0.2, 0.25) is 6.79 Å². The largest absolute Gasteiger partial charge is 0.454 e. The molecule has 3 atom stereocenters. The van der Waals surface area contributed by atoms with Gasteiger partial charge in [0.25, 0.3) is 5.91 Å². The zero-order valence-corrected chi connectivity index (χ0v) is 13.2. The zero-order valence-electron chi connectivity index (χ0n) is 13.2. The number of benzene rings is 1. The van der Waals surface area contributed by atoms with Gasteiger partial charge in [0.05, 0.1) is 11.7 Å². The summed E-state index contributed by atoms with van der Waals surface area (Å²) in [5.41, 5.74) is 0.581. The molecule has 0 bridgehead atoms. The fourth-order valence-electron chi connectivity index (χ4n) is 4.33. The average molecular weight is 317 g/mol. The zero-order chi connectivity index (χ0) is 15.8. The number of carbonyl (C=O) groups excluding carboxylic acids is 1. The van der Waals surface area contributed by atoms with Gasteiger partial charge in [-0.25, -0.2) is 0 Å². The molecule has 2 heterocycles. The first-order valence-corrected chi connectivity index (χ1v) is 8.63. The number of hydrogen-bond donors (Lipinski definition) is 1.